The van der Waals surface area contributed by atoms with Gasteiger partial charge in [0.05, 0.1) is 5.54 Å². The summed E-state index contributed by atoms with van der Waals surface area (Å²) < 4.78 is 0. The molecule has 120 valence electrons. The minimum Gasteiger partial charge on any atom is -0.338 e. The maximum Gasteiger partial charge on any atom is 0.272 e. The van der Waals surface area contributed by atoms with Crippen molar-refractivity contribution < 1.29 is 9.59 Å². The first-order valence-electron chi connectivity index (χ1n) is 7.74. The number of nitrogens with zero attached hydrogens (tertiary/aromatic N) is 3. The molecule has 1 aromatic heterocycles. The van der Waals surface area contributed by atoms with Crippen molar-refractivity contribution in [3.05, 3.63) is 30.1 Å². The number of carbonyl (C=O) groups is 2. The second-order valence-corrected chi connectivity index (χ2v) is 5.97. The van der Waals surface area contributed by atoms with Crippen LogP contribution in [0.5, 0.6) is 0 Å². The minimum atomic E-state index is -0.818. The lowest BCUT2D eigenvalue weighted by Gasteiger charge is -2.38. The molecular formula is C16H24N4O2. The van der Waals surface area contributed by atoms with Gasteiger partial charge in [-0.05, 0) is 25.5 Å². The van der Waals surface area contributed by atoms with E-state index in [1.165, 1.54) is 0 Å². The van der Waals surface area contributed by atoms with Gasteiger partial charge < -0.3 is 15.5 Å². The van der Waals surface area contributed by atoms with Crippen LogP contribution in [0, 0.1) is 0 Å². The van der Waals surface area contributed by atoms with Gasteiger partial charge >= 0.3 is 0 Å². The van der Waals surface area contributed by atoms with Crippen molar-refractivity contribution in [2.24, 2.45) is 5.73 Å². The smallest absolute Gasteiger partial charge is 0.272 e. The largest absolute Gasteiger partial charge is 0.338 e. The molecule has 22 heavy (non-hydrogen) atoms. The third-order valence-electron chi connectivity index (χ3n) is 4.00. The van der Waals surface area contributed by atoms with E-state index in [1.807, 2.05) is 6.92 Å². The van der Waals surface area contributed by atoms with Crippen LogP contribution in [0.4, 0.5) is 0 Å². The van der Waals surface area contributed by atoms with Crippen LogP contribution >= 0.6 is 0 Å². The number of amides is 2. The van der Waals surface area contributed by atoms with Gasteiger partial charge in [-0.3, -0.25) is 14.6 Å². The van der Waals surface area contributed by atoms with E-state index in [1.54, 1.807) is 41.1 Å². The Bertz CT molecular complexity index is 522. The molecule has 6 nitrogen and oxygen atoms in total. The summed E-state index contributed by atoms with van der Waals surface area (Å²) in [6, 6.07) is 5.28. The molecule has 1 unspecified atom stereocenters. The van der Waals surface area contributed by atoms with E-state index in [0.717, 1.165) is 6.42 Å². The summed E-state index contributed by atoms with van der Waals surface area (Å²) in [5.74, 6) is -0.115. The van der Waals surface area contributed by atoms with Gasteiger partial charge in [-0.1, -0.05) is 19.4 Å². The number of piperazine rings is 1. The monoisotopic (exact) mass is 304 g/mol. The Labute approximate surface area is 131 Å². The van der Waals surface area contributed by atoms with Crippen LogP contribution in [0.25, 0.3) is 0 Å². The van der Waals surface area contributed by atoms with E-state index < -0.39 is 5.54 Å². The Morgan fingerprint density at radius 1 is 1.23 bits per heavy atom. The molecule has 2 N–H and O–H groups in total. The first-order valence-corrected chi connectivity index (χ1v) is 7.74. The fourth-order valence-electron chi connectivity index (χ4n) is 2.75. The van der Waals surface area contributed by atoms with E-state index in [-0.39, 0.29) is 11.8 Å². The number of hydrogen-bond acceptors (Lipinski definition) is 4. The lowest BCUT2D eigenvalue weighted by Crippen LogP contribution is -2.58. The molecule has 0 bridgehead atoms. The molecule has 0 radical (unpaired) electrons. The second-order valence-electron chi connectivity index (χ2n) is 5.97. The van der Waals surface area contributed by atoms with E-state index in [4.69, 9.17) is 5.73 Å². The average Bonchev–Trinajstić information content (AvgIpc) is 2.54. The van der Waals surface area contributed by atoms with Gasteiger partial charge in [0.15, 0.2) is 0 Å². The normalized spacial score (nSPS) is 18.0. The lowest BCUT2D eigenvalue weighted by atomic mass is 9.95. The van der Waals surface area contributed by atoms with Crippen LogP contribution in [0.2, 0.25) is 0 Å². The SMILES string of the molecule is CCCC(C)(N)C(=O)N1CCN(C(=O)c2ccccn2)CC1. The first-order chi connectivity index (χ1) is 10.5. The van der Waals surface area contributed by atoms with Gasteiger partial charge in [-0.2, -0.15) is 0 Å². The fraction of sp³-hybridized carbons (Fsp3) is 0.562. The molecule has 0 spiro atoms. The molecule has 1 fully saturated rings. The van der Waals surface area contributed by atoms with Gasteiger partial charge in [0.2, 0.25) is 5.91 Å². The van der Waals surface area contributed by atoms with E-state index in [2.05, 4.69) is 4.98 Å². The summed E-state index contributed by atoms with van der Waals surface area (Å²) in [5.41, 5.74) is 5.73. The van der Waals surface area contributed by atoms with Crippen molar-refractivity contribution in [1.82, 2.24) is 14.8 Å². The number of carbonyl (C=O) groups excluding carboxylic acids is 2. The summed E-state index contributed by atoms with van der Waals surface area (Å²) in [4.78, 5) is 32.3. The van der Waals surface area contributed by atoms with Crippen LogP contribution in [-0.4, -0.2) is 58.3 Å². The average molecular weight is 304 g/mol. The zero-order chi connectivity index (χ0) is 16.2. The standard InChI is InChI=1S/C16H24N4O2/c1-3-7-16(2,17)15(22)20-11-9-19(10-12-20)14(21)13-6-4-5-8-18-13/h4-6,8H,3,7,9-12,17H2,1-2H3. The van der Waals surface area contributed by atoms with Crippen LogP contribution in [-0.2, 0) is 4.79 Å². The summed E-state index contributed by atoms with van der Waals surface area (Å²) in [6.07, 6.45) is 3.15. The van der Waals surface area contributed by atoms with Crippen molar-refractivity contribution in [3.63, 3.8) is 0 Å². The predicted octanol–water partition coefficient (Wildman–Crippen LogP) is 0.883. The summed E-state index contributed by atoms with van der Waals surface area (Å²) in [5, 5.41) is 0. The zero-order valence-corrected chi connectivity index (χ0v) is 13.3. The highest BCUT2D eigenvalue weighted by Gasteiger charge is 2.34. The highest BCUT2D eigenvalue weighted by atomic mass is 16.2. The number of rotatable bonds is 4. The van der Waals surface area contributed by atoms with Crippen molar-refractivity contribution in [2.75, 3.05) is 26.2 Å². The van der Waals surface area contributed by atoms with E-state index in [9.17, 15) is 9.59 Å². The van der Waals surface area contributed by atoms with Crippen LogP contribution in [0.1, 0.15) is 37.2 Å². The third kappa shape index (κ3) is 3.62. The van der Waals surface area contributed by atoms with Crippen molar-refractivity contribution >= 4 is 11.8 Å². The fourth-order valence-corrected chi connectivity index (χ4v) is 2.75. The zero-order valence-electron chi connectivity index (χ0n) is 13.3. The van der Waals surface area contributed by atoms with Crippen LogP contribution in [0.3, 0.4) is 0 Å². The highest BCUT2D eigenvalue weighted by molar-refractivity contribution is 5.92. The molecular weight excluding hydrogens is 280 g/mol. The molecule has 1 aromatic rings. The van der Waals surface area contributed by atoms with Crippen molar-refractivity contribution in [3.8, 4) is 0 Å². The molecule has 1 aliphatic heterocycles. The molecule has 1 aliphatic rings. The van der Waals surface area contributed by atoms with E-state index in [0.29, 0.717) is 38.3 Å². The van der Waals surface area contributed by atoms with Gasteiger partial charge in [-0.15, -0.1) is 0 Å². The highest BCUT2D eigenvalue weighted by Crippen LogP contribution is 2.15. The second kappa shape index (κ2) is 6.87. The Morgan fingerprint density at radius 2 is 1.86 bits per heavy atom. The minimum absolute atomic E-state index is 0.0284. The molecule has 0 saturated carbocycles. The first kappa shape index (κ1) is 16.4. The maximum absolute atomic E-state index is 12.4. The van der Waals surface area contributed by atoms with Crippen LogP contribution in [0.15, 0.2) is 24.4 Å². The summed E-state index contributed by atoms with van der Waals surface area (Å²) in [7, 11) is 0. The number of nitrogens with two attached hydrogens (primary N) is 1. The number of pyridine rings is 1. The molecule has 2 rings (SSSR count). The lowest BCUT2D eigenvalue weighted by molar-refractivity contribution is -0.138. The molecule has 1 saturated heterocycles. The van der Waals surface area contributed by atoms with Gasteiger partial charge in [-0.25, -0.2) is 0 Å². The predicted molar refractivity (Wildman–Crippen MR) is 84.2 cm³/mol. The Balaban J connectivity index is 1.93. The van der Waals surface area contributed by atoms with Crippen molar-refractivity contribution in [1.29, 1.82) is 0 Å². The van der Waals surface area contributed by atoms with Gasteiger partial charge in [0.25, 0.3) is 5.91 Å². The molecule has 2 heterocycles. The molecule has 0 aromatic carbocycles. The maximum atomic E-state index is 12.4. The van der Waals surface area contributed by atoms with Crippen LogP contribution < -0.4 is 5.73 Å². The third-order valence-corrected chi connectivity index (χ3v) is 4.00. The Hall–Kier alpha value is -1.95. The topological polar surface area (TPSA) is 79.5 Å². The van der Waals surface area contributed by atoms with E-state index >= 15 is 0 Å². The molecule has 6 heteroatoms. The molecule has 0 aliphatic carbocycles. The van der Waals surface area contributed by atoms with Gasteiger partial charge in [0, 0.05) is 32.4 Å². The quantitative estimate of drug-likeness (QED) is 0.895. The number of hydrogen-bond donors (Lipinski definition) is 1. The Kier molecular flexibility index (Phi) is 5.13. The molecule has 2 amide bonds. The van der Waals surface area contributed by atoms with Gasteiger partial charge in [0.1, 0.15) is 5.69 Å². The summed E-state index contributed by atoms with van der Waals surface area (Å²) >= 11 is 0. The number of aromatic nitrogens is 1. The summed E-state index contributed by atoms with van der Waals surface area (Å²) in [6.45, 7) is 5.88. The van der Waals surface area contributed by atoms with Crippen molar-refractivity contribution in [2.45, 2.75) is 32.2 Å². The molecule has 1 atom stereocenters. The Morgan fingerprint density at radius 3 is 2.41 bits per heavy atom.